The summed E-state index contributed by atoms with van der Waals surface area (Å²) >= 11 is 0. The fraction of sp³-hybridized carbons (Fsp3) is 0.833. The first kappa shape index (κ1) is 14.0. The number of carbonyl (C=O) groups excluding carboxylic acids is 2. The van der Waals surface area contributed by atoms with E-state index in [1.807, 2.05) is 20.8 Å². The molecule has 1 aliphatic rings. The van der Waals surface area contributed by atoms with E-state index < -0.39 is 0 Å². The average Bonchev–Trinajstić information content (AvgIpc) is 2.24. The zero-order valence-electron chi connectivity index (χ0n) is 10.9. The van der Waals surface area contributed by atoms with Crippen LogP contribution in [-0.4, -0.2) is 30.9 Å². The Balaban J connectivity index is 2.50. The van der Waals surface area contributed by atoms with Gasteiger partial charge in [-0.25, -0.2) is 0 Å². The van der Waals surface area contributed by atoms with Gasteiger partial charge in [0.25, 0.3) is 0 Å². The normalized spacial score (nSPS) is 22.8. The molecule has 4 N–H and O–H groups in total. The maximum Gasteiger partial charge on any atom is 0.225 e. The fourth-order valence-electron chi connectivity index (χ4n) is 1.88. The van der Waals surface area contributed by atoms with Crippen molar-refractivity contribution in [3.8, 4) is 0 Å². The van der Waals surface area contributed by atoms with E-state index in [1.165, 1.54) is 0 Å². The third-order valence-corrected chi connectivity index (χ3v) is 3.23. The molecule has 0 bridgehead atoms. The highest BCUT2D eigenvalue weighted by Crippen LogP contribution is 2.19. The zero-order chi connectivity index (χ0) is 13.1. The lowest BCUT2D eigenvalue weighted by molar-refractivity contribution is -0.129. The van der Waals surface area contributed by atoms with Gasteiger partial charge in [-0.2, -0.15) is 0 Å². The van der Waals surface area contributed by atoms with E-state index in [0.29, 0.717) is 25.9 Å². The molecule has 2 amide bonds. The third kappa shape index (κ3) is 4.00. The molecule has 17 heavy (non-hydrogen) atoms. The van der Waals surface area contributed by atoms with E-state index in [-0.39, 0.29) is 29.2 Å². The Labute approximate surface area is 103 Å². The van der Waals surface area contributed by atoms with Gasteiger partial charge in [0.2, 0.25) is 11.8 Å². The number of carbonyl (C=O) groups is 2. The number of hydrogen-bond acceptors (Lipinski definition) is 3. The first-order valence-electron chi connectivity index (χ1n) is 6.11. The number of amides is 2. The van der Waals surface area contributed by atoms with E-state index in [2.05, 4.69) is 10.6 Å². The van der Waals surface area contributed by atoms with E-state index in [1.54, 1.807) is 0 Å². The number of piperidine rings is 1. The van der Waals surface area contributed by atoms with Crippen LogP contribution in [0.2, 0.25) is 0 Å². The Hall–Kier alpha value is -1.10. The van der Waals surface area contributed by atoms with Gasteiger partial charge in [-0.15, -0.1) is 0 Å². The molecule has 2 unspecified atom stereocenters. The molecule has 0 spiro atoms. The Morgan fingerprint density at radius 2 is 2.24 bits per heavy atom. The van der Waals surface area contributed by atoms with Gasteiger partial charge in [0.15, 0.2) is 0 Å². The summed E-state index contributed by atoms with van der Waals surface area (Å²) in [7, 11) is 0. The number of hydrogen-bond donors (Lipinski definition) is 3. The van der Waals surface area contributed by atoms with Crippen molar-refractivity contribution in [1.29, 1.82) is 0 Å². The molecular weight excluding hydrogens is 218 g/mol. The second-order valence-corrected chi connectivity index (χ2v) is 5.70. The van der Waals surface area contributed by atoms with Crippen molar-refractivity contribution in [2.24, 2.45) is 17.1 Å². The van der Waals surface area contributed by atoms with Crippen molar-refractivity contribution < 1.29 is 9.59 Å². The van der Waals surface area contributed by atoms with Gasteiger partial charge in [0.05, 0.1) is 5.92 Å². The molecule has 98 valence electrons. The highest BCUT2D eigenvalue weighted by Gasteiger charge is 2.29. The lowest BCUT2D eigenvalue weighted by atomic mass is 9.86. The van der Waals surface area contributed by atoms with Crippen LogP contribution in [-0.2, 0) is 9.59 Å². The minimum absolute atomic E-state index is 0.00428. The van der Waals surface area contributed by atoms with Gasteiger partial charge < -0.3 is 16.4 Å². The second-order valence-electron chi connectivity index (χ2n) is 5.70. The molecule has 1 aliphatic heterocycles. The molecule has 0 saturated carbocycles. The monoisotopic (exact) mass is 241 g/mol. The third-order valence-electron chi connectivity index (χ3n) is 3.23. The summed E-state index contributed by atoms with van der Waals surface area (Å²) in [4.78, 5) is 23.0. The van der Waals surface area contributed by atoms with Gasteiger partial charge >= 0.3 is 0 Å². The summed E-state index contributed by atoms with van der Waals surface area (Å²) in [6.45, 7) is 7.01. The minimum Gasteiger partial charge on any atom is -0.355 e. The molecule has 0 aromatic rings. The van der Waals surface area contributed by atoms with E-state index in [9.17, 15) is 9.59 Å². The summed E-state index contributed by atoms with van der Waals surface area (Å²) in [5.74, 6) is -0.0975. The van der Waals surface area contributed by atoms with Gasteiger partial charge in [0, 0.05) is 25.6 Å². The molecule has 1 saturated heterocycles. The first-order chi connectivity index (χ1) is 7.84. The molecular formula is C12H23N3O2. The Bertz CT molecular complexity index is 287. The highest BCUT2D eigenvalue weighted by atomic mass is 16.2. The van der Waals surface area contributed by atoms with Crippen molar-refractivity contribution in [2.75, 3.05) is 13.1 Å². The van der Waals surface area contributed by atoms with E-state index in [0.717, 1.165) is 0 Å². The molecule has 0 aromatic heterocycles. The molecule has 0 aromatic carbocycles. The van der Waals surface area contributed by atoms with Gasteiger partial charge in [-0.3, -0.25) is 9.59 Å². The van der Waals surface area contributed by atoms with Crippen LogP contribution in [0.15, 0.2) is 0 Å². The lowest BCUT2D eigenvalue weighted by Crippen LogP contribution is -2.52. The number of rotatable bonds is 3. The van der Waals surface area contributed by atoms with Crippen LogP contribution in [0.1, 0.15) is 33.6 Å². The maximum atomic E-state index is 12.0. The summed E-state index contributed by atoms with van der Waals surface area (Å²) in [5.41, 5.74) is 5.62. The largest absolute Gasteiger partial charge is 0.355 e. The number of nitrogens with two attached hydrogens (primary N) is 1. The van der Waals surface area contributed by atoms with Crippen molar-refractivity contribution in [3.63, 3.8) is 0 Å². The predicted molar refractivity (Wildman–Crippen MR) is 66.2 cm³/mol. The minimum atomic E-state index is -0.121. The summed E-state index contributed by atoms with van der Waals surface area (Å²) in [5, 5.41) is 5.69. The van der Waals surface area contributed by atoms with Crippen LogP contribution in [0, 0.1) is 11.3 Å². The van der Waals surface area contributed by atoms with Crippen molar-refractivity contribution in [2.45, 2.75) is 39.7 Å². The summed E-state index contributed by atoms with van der Waals surface area (Å²) < 4.78 is 0. The Morgan fingerprint density at radius 3 is 2.65 bits per heavy atom. The van der Waals surface area contributed by atoms with Crippen molar-refractivity contribution in [1.82, 2.24) is 10.6 Å². The summed E-state index contributed by atoms with van der Waals surface area (Å²) in [6.07, 6.45) is 1.06. The van der Waals surface area contributed by atoms with Gasteiger partial charge in [-0.1, -0.05) is 20.8 Å². The van der Waals surface area contributed by atoms with E-state index >= 15 is 0 Å². The molecule has 1 heterocycles. The molecule has 1 rings (SSSR count). The van der Waals surface area contributed by atoms with Crippen LogP contribution in [0.3, 0.4) is 0 Å². The fourth-order valence-corrected chi connectivity index (χ4v) is 1.88. The average molecular weight is 241 g/mol. The summed E-state index contributed by atoms with van der Waals surface area (Å²) in [6, 6.07) is -0.0346. The number of nitrogens with one attached hydrogen (secondary N) is 2. The lowest BCUT2D eigenvalue weighted by Gasteiger charge is -2.32. The second kappa shape index (κ2) is 5.49. The topological polar surface area (TPSA) is 84.2 Å². The van der Waals surface area contributed by atoms with Crippen LogP contribution in [0.25, 0.3) is 0 Å². The quantitative estimate of drug-likeness (QED) is 0.650. The standard InChI is InChI=1S/C12H23N3O2/c1-12(2,3)9(6-13)15-11(17)8-4-5-10(16)14-7-8/h8-9H,4-7,13H2,1-3H3,(H,14,16)(H,15,17). The van der Waals surface area contributed by atoms with Crippen LogP contribution in [0.4, 0.5) is 0 Å². The predicted octanol–water partition coefficient (Wildman–Crippen LogP) is 0.00220. The molecule has 1 fully saturated rings. The Morgan fingerprint density at radius 1 is 1.59 bits per heavy atom. The van der Waals surface area contributed by atoms with Crippen molar-refractivity contribution >= 4 is 11.8 Å². The van der Waals surface area contributed by atoms with Crippen LogP contribution < -0.4 is 16.4 Å². The smallest absolute Gasteiger partial charge is 0.225 e. The van der Waals surface area contributed by atoms with Gasteiger partial charge in [-0.05, 0) is 11.8 Å². The zero-order valence-corrected chi connectivity index (χ0v) is 10.9. The van der Waals surface area contributed by atoms with Crippen LogP contribution >= 0.6 is 0 Å². The van der Waals surface area contributed by atoms with Crippen LogP contribution in [0.5, 0.6) is 0 Å². The molecule has 0 aliphatic carbocycles. The molecule has 0 radical (unpaired) electrons. The molecule has 2 atom stereocenters. The SMILES string of the molecule is CC(C)(C)C(CN)NC(=O)C1CCC(=O)NC1. The molecule has 5 nitrogen and oxygen atoms in total. The molecule has 5 heteroatoms. The van der Waals surface area contributed by atoms with Gasteiger partial charge in [0.1, 0.15) is 0 Å². The highest BCUT2D eigenvalue weighted by molar-refractivity contribution is 5.83. The maximum absolute atomic E-state index is 12.0. The Kier molecular flexibility index (Phi) is 4.51. The first-order valence-corrected chi connectivity index (χ1v) is 6.11. The van der Waals surface area contributed by atoms with E-state index in [4.69, 9.17) is 5.73 Å². The van der Waals surface area contributed by atoms with Crippen molar-refractivity contribution in [3.05, 3.63) is 0 Å².